The Morgan fingerprint density at radius 2 is 1.68 bits per heavy atom. The van der Waals surface area contributed by atoms with E-state index < -0.39 is 23.5 Å². The fourth-order valence-corrected chi connectivity index (χ4v) is 5.49. The Bertz CT molecular complexity index is 1570. The number of hydrogen-bond acceptors (Lipinski definition) is 5. The average molecular weight is 546 g/mol. The summed E-state index contributed by atoms with van der Waals surface area (Å²) in [5.74, 6) is 0.183. The van der Waals surface area contributed by atoms with E-state index in [0.717, 1.165) is 22.9 Å². The predicted molar refractivity (Wildman–Crippen MR) is 149 cm³/mol. The van der Waals surface area contributed by atoms with Crippen molar-refractivity contribution in [3.05, 3.63) is 88.6 Å². The van der Waals surface area contributed by atoms with Crippen molar-refractivity contribution in [2.45, 2.75) is 26.7 Å². The number of hydrogen-bond donors (Lipinski definition) is 2. The number of fused-ring (bicyclic) bond motifs is 1. The van der Waals surface area contributed by atoms with Crippen molar-refractivity contribution in [2.24, 2.45) is 0 Å². The molecule has 0 aromatic heterocycles. The maximum atomic E-state index is 15.8. The molecule has 2 N–H and O–H groups in total. The molecule has 1 amide bonds. The molecule has 0 atom stereocenters. The molecule has 2 aliphatic rings. The van der Waals surface area contributed by atoms with Crippen LogP contribution >= 0.6 is 0 Å². The van der Waals surface area contributed by atoms with Gasteiger partial charge in [-0.05, 0) is 54.3 Å². The minimum absolute atomic E-state index is 0.0799. The van der Waals surface area contributed by atoms with Crippen LogP contribution in [0.25, 0.3) is 16.8 Å². The van der Waals surface area contributed by atoms with Crippen molar-refractivity contribution in [1.29, 1.82) is 0 Å². The number of phenolic OH excluding ortho intramolecular Hbond substituents is 1. The summed E-state index contributed by atoms with van der Waals surface area (Å²) in [5.41, 5.74) is 3.72. The van der Waals surface area contributed by atoms with Gasteiger partial charge in [-0.2, -0.15) is 0 Å². The van der Waals surface area contributed by atoms with E-state index in [4.69, 9.17) is 0 Å². The van der Waals surface area contributed by atoms with Crippen LogP contribution in [0.3, 0.4) is 0 Å². The molecule has 9 heteroatoms. The molecular weight excluding hydrogens is 516 g/mol. The first-order valence-electron chi connectivity index (χ1n) is 13.0. The lowest BCUT2D eigenvalue weighted by Gasteiger charge is -2.41. The van der Waals surface area contributed by atoms with Crippen LogP contribution in [0.2, 0.25) is 0 Å². The fourth-order valence-electron chi connectivity index (χ4n) is 5.49. The number of amides is 1. The summed E-state index contributed by atoms with van der Waals surface area (Å²) in [7, 11) is 0. The molecular formula is C31H29F2N3O4. The molecule has 0 saturated carbocycles. The number of carbonyl (C=O) groups excluding carboxylic acids is 1. The van der Waals surface area contributed by atoms with Gasteiger partial charge < -0.3 is 20.0 Å². The van der Waals surface area contributed by atoms with E-state index in [-0.39, 0.29) is 35.8 Å². The van der Waals surface area contributed by atoms with Gasteiger partial charge in [0.15, 0.2) is 5.94 Å². The molecule has 3 aromatic carbocycles. The molecule has 0 aliphatic carbocycles. The lowest BCUT2D eigenvalue weighted by atomic mass is 9.91. The zero-order valence-corrected chi connectivity index (χ0v) is 22.4. The topological polar surface area (TPSA) is 84.3 Å². The second-order valence-electron chi connectivity index (χ2n) is 10.3. The number of phenols is 1. The normalized spacial score (nSPS) is 15.2. The smallest absolute Gasteiger partial charge is 0.407 e. The first-order valence-corrected chi connectivity index (χ1v) is 13.0. The van der Waals surface area contributed by atoms with E-state index in [1.165, 1.54) is 29.2 Å². The highest BCUT2D eigenvalue weighted by Crippen LogP contribution is 2.48. The number of rotatable bonds is 4. The van der Waals surface area contributed by atoms with Crippen molar-refractivity contribution in [3.63, 3.8) is 0 Å². The number of aromatic hydroxyl groups is 1. The quantitative estimate of drug-likeness (QED) is 0.376. The van der Waals surface area contributed by atoms with Crippen LogP contribution in [-0.4, -0.2) is 58.2 Å². The third-order valence-corrected chi connectivity index (χ3v) is 7.49. The van der Waals surface area contributed by atoms with Gasteiger partial charge in [-0.25, -0.2) is 18.4 Å². The van der Waals surface area contributed by atoms with E-state index >= 15 is 4.39 Å². The van der Waals surface area contributed by atoms with Crippen molar-refractivity contribution in [3.8, 4) is 16.9 Å². The number of carboxylic acid groups (broad SMARTS) is 1. The Hall–Kier alpha value is -4.62. The zero-order valence-electron chi connectivity index (χ0n) is 22.4. The summed E-state index contributed by atoms with van der Waals surface area (Å²) in [4.78, 5) is 28.9. The molecule has 40 heavy (non-hydrogen) atoms. The molecule has 0 unspecified atom stereocenters. The number of aryl methyl sites for hydroxylation is 1. The average Bonchev–Trinajstić information content (AvgIpc) is 2.92. The van der Waals surface area contributed by atoms with Gasteiger partial charge >= 0.3 is 6.09 Å². The van der Waals surface area contributed by atoms with Crippen molar-refractivity contribution in [1.82, 2.24) is 9.80 Å². The Balaban J connectivity index is 1.77. The molecule has 5 rings (SSSR count). The Morgan fingerprint density at radius 1 is 0.975 bits per heavy atom. The number of piperazine rings is 1. The standard InChI is InChI=1S/C31H29F2N3O4/c1-18(2)21-7-4-6-19(3)30(21)36-20(17-37)14-26(34-10-12-35(13-11-34)31(39)40)23-15-25(33)22(16-27(23)36)29-24(32)8-5-9-28(29)38/h4-9,14-16,18,38H,10-13H2,1-3H3,(H,39,40). The van der Waals surface area contributed by atoms with Crippen molar-refractivity contribution in [2.75, 3.05) is 31.1 Å². The summed E-state index contributed by atoms with van der Waals surface area (Å²) in [6, 6.07) is 12.3. The molecule has 1 saturated heterocycles. The number of carbonyl (C=O) groups is 1. The number of halogens is 2. The van der Waals surface area contributed by atoms with Crippen LogP contribution in [0, 0.1) is 18.6 Å². The Labute approximate surface area is 230 Å². The van der Waals surface area contributed by atoms with Gasteiger partial charge in [-0.1, -0.05) is 38.1 Å². The van der Waals surface area contributed by atoms with Crippen molar-refractivity contribution >= 4 is 29.1 Å². The van der Waals surface area contributed by atoms with Gasteiger partial charge in [0.1, 0.15) is 23.1 Å². The number of para-hydroxylation sites is 1. The minimum Gasteiger partial charge on any atom is -0.507 e. The van der Waals surface area contributed by atoms with Gasteiger partial charge in [-0.3, -0.25) is 4.90 Å². The van der Waals surface area contributed by atoms with Gasteiger partial charge in [0.25, 0.3) is 0 Å². The number of benzene rings is 3. The summed E-state index contributed by atoms with van der Waals surface area (Å²) >= 11 is 0. The lowest BCUT2D eigenvalue weighted by molar-refractivity contribution is 0.122. The predicted octanol–water partition coefficient (Wildman–Crippen LogP) is 6.27. The lowest BCUT2D eigenvalue weighted by Crippen LogP contribution is -2.47. The molecule has 2 aliphatic heterocycles. The maximum absolute atomic E-state index is 15.8. The maximum Gasteiger partial charge on any atom is 0.407 e. The second-order valence-corrected chi connectivity index (χ2v) is 10.3. The monoisotopic (exact) mass is 545 g/mol. The highest BCUT2D eigenvalue weighted by molar-refractivity contribution is 5.95. The van der Waals surface area contributed by atoms with Gasteiger partial charge in [-0.15, -0.1) is 0 Å². The van der Waals surface area contributed by atoms with Crippen LogP contribution in [0.5, 0.6) is 5.75 Å². The van der Waals surface area contributed by atoms with Crippen LogP contribution in [0.4, 0.5) is 25.0 Å². The molecule has 0 bridgehead atoms. The number of nitrogens with zero attached hydrogens (tertiary/aromatic N) is 3. The van der Waals surface area contributed by atoms with E-state index in [0.29, 0.717) is 30.0 Å². The largest absolute Gasteiger partial charge is 0.507 e. The summed E-state index contributed by atoms with van der Waals surface area (Å²) in [6.07, 6.45) is 0.626. The molecule has 1 fully saturated rings. The zero-order chi connectivity index (χ0) is 28.7. The Morgan fingerprint density at radius 3 is 2.30 bits per heavy atom. The molecule has 2 heterocycles. The highest BCUT2D eigenvalue weighted by Gasteiger charge is 2.33. The van der Waals surface area contributed by atoms with Crippen LogP contribution in [0.15, 0.2) is 60.3 Å². The molecule has 3 aromatic rings. The van der Waals surface area contributed by atoms with Crippen LogP contribution in [-0.2, 0) is 4.79 Å². The van der Waals surface area contributed by atoms with E-state index in [1.807, 2.05) is 49.8 Å². The summed E-state index contributed by atoms with van der Waals surface area (Å²) < 4.78 is 30.7. The fraction of sp³-hybridized carbons (Fsp3) is 0.258. The van der Waals surface area contributed by atoms with Crippen LogP contribution < -0.4 is 4.90 Å². The molecule has 0 radical (unpaired) electrons. The van der Waals surface area contributed by atoms with E-state index in [1.54, 1.807) is 11.0 Å². The Kier molecular flexibility index (Phi) is 7.08. The third-order valence-electron chi connectivity index (χ3n) is 7.49. The summed E-state index contributed by atoms with van der Waals surface area (Å²) in [5, 5.41) is 19.9. The van der Waals surface area contributed by atoms with Crippen LogP contribution in [0.1, 0.15) is 36.5 Å². The van der Waals surface area contributed by atoms with Gasteiger partial charge in [0, 0.05) is 43.0 Å². The SMILES string of the molecule is Cc1cccc(C(C)C)c1N1C(=C=O)C=C(N2CCN(C(=O)O)CC2)c2cc(F)c(-c3c(O)cccc3F)cc21. The molecule has 7 nitrogen and oxygen atoms in total. The summed E-state index contributed by atoms with van der Waals surface area (Å²) in [6.45, 7) is 7.14. The number of allylic oxidation sites excluding steroid dienone is 1. The highest BCUT2D eigenvalue weighted by atomic mass is 19.1. The third kappa shape index (κ3) is 4.58. The van der Waals surface area contributed by atoms with Gasteiger partial charge in [0.2, 0.25) is 0 Å². The molecule has 206 valence electrons. The minimum atomic E-state index is -1.02. The van der Waals surface area contributed by atoms with Gasteiger partial charge in [0.05, 0.1) is 16.9 Å². The van der Waals surface area contributed by atoms with Crippen molar-refractivity contribution < 1.29 is 28.6 Å². The first-order chi connectivity index (χ1) is 19.1. The second kappa shape index (κ2) is 10.5. The van der Waals surface area contributed by atoms with E-state index in [2.05, 4.69) is 0 Å². The first kappa shape index (κ1) is 27.0. The van der Waals surface area contributed by atoms with E-state index in [9.17, 15) is 24.2 Å². The number of anilines is 2. The molecule has 0 spiro atoms.